The second-order valence-corrected chi connectivity index (χ2v) is 7.21. The largest absolute Gasteiger partial charge is 0.305 e. The van der Waals surface area contributed by atoms with Crippen LogP contribution >= 0.6 is 0 Å². The Kier molecular flexibility index (Phi) is 4.23. The normalized spacial score (nSPS) is 28.6. The average Bonchev–Trinajstić information content (AvgIpc) is 2.72. The molecule has 1 N–H and O–H groups in total. The monoisotopic (exact) mass is 265 g/mol. The first-order valence-corrected chi connectivity index (χ1v) is 7.37. The minimum Gasteiger partial charge on any atom is -0.305 e. The van der Waals surface area contributed by atoms with Crippen molar-refractivity contribution in [3.8, 4) is 0 Å². The minimum absolute atomic E-state index is 0.0872. The fourth-order valence-corrected chi connectivity index (χ4v) is 3.06. The zero-order chi connectivity index (χ0) is 14.0. The zero-order valence-electron chi connectivity index (χ0n) is 12.8. The number of nitrogens with zero attached hydrogens (tertiary/aromatic N) is 4. The first kappa shape index (κ1) is 14.4. The summed E-state index contributed by atoms with van der Waals surface area (Å²) in [5.41, 5.74) is 0.0872. The van der Waals surface area contributed by atoms with E-state index in [1.165, 1.54) is 19.3 Å². The van der Waals surface area contributed by atoms with E-state index in [0.29, 0.717) is 6.04 Å². The van der Waals surface area contributed by atoms with Crippen LogP contribution in [0.4, 0.5) is 0 Å². The Labute approximate surface area is 116 Å². The van der Waals surface area contributed by atoms with Crippen LogP contribution in [0.3, 0.4) is 0 Å². The van der Waals surface area contributed by atoms with E-state index in [9.17, 15) is 0 Å². The molecule has 1 fully saturated rings. The summed E-state index contributed by atoms with van der Waals surface area (Å²) < 4.78 is 2.05. The highest BCUT2D eigenvalue weighted by atomic mass is 15.6. The molecule has 0 bridgehead atoms. The summed E-state index contributed by atoms with van der Waals surface area (Å²) in [7, 11) is 0. The lowest BCUT2D eigenvalue weighted by Crippen LogP contribution is -2.36. The van der Waals surface area contributed by atoms with Gasteiger partial charge in [-0.1, -0.05) is 13.8 Å². The molecule has 0 spiro atoms. The maximum Gasteiger partial charge on any atom is 0.165 e. The molecule has 1 aromatic heterocycles. The summed E-state index contributed by atoms with van der Waals surface area (Å²) >= 11 is 0. The van der Waals surface area contributed by atoms with Crippen molar-refractivity contribution >= 4 is 0 Å². The maximum absolute atomic E-state index is 4.22. The number of nitrogens with one attached hydrogen (secondary N) is 1. The number of hydrogen-bond donors (Lipinski definition) is 1. The standard InChI is InChI=1S/C14H27N5/c1-10-6-11(2)8-12(7-10)19-13(16-17-18-19)9-15-14(3,4)5/h10-12,15H,6-9H2,1-5H3. The van der Waals surface area contributed by atoms with Crippen molar-refractivity contribution < 1.29 is 0 Å². The van der Waals surface area contributed by atoms with Gasteiger partial charge in [0, 0.05) is 5.54 Å². The Morgan fingerprint density at radius 2 is 1.79 bits per heavy atom. The second-order valence-electron chi connectivity index (χ2n) is 7.21. The molecule has 1 aromatic rings. The summed E-state index contributed by atoms with van der Waals surface area (Å²) in [4.78, 5) is 0. The van der Waals surface area contributed by atoms with Crippen molar-refractivity contribution in [2.75, 3.05) is 0 Å². The Morgan fingerprint density at radius 1 is 1.16 bits per heavy atom. The number of tetrazole rings is 1. The first-order chi connectivity index (χ1) is 8.85. The van der Waals surface area contributed by atoms with E-state index in [2.05, 4.69) is 55.5 Å². The van der Waals surface area contributed by atoms with Gasteiger partial charge in [-0.3, -0.25) is 0 Å². The van der Waals surface area contributed by atoms with Crippen molar-refractivity contribution in [2.45, 2.75) is 72.0 Å². The number of aromatic nitrogens is 4. The third-order valence-electron chi connectivity index (χ3n) is 3.84. The zero-order valence-corrected chi connectivity index (χ0v) is 12.8. The van der Waals surface area contributed by atoms with Gasteiger partial charge >= 0.3 is 0 Å². The van der Waals surface area contributed by atoms with Gasteiger partial charge < -0.3 is 5.32 Å². The van der Waals surface area contributed by atoms with Crippen LogP contribution in [0.25, 0.3) is 0 Å². The van der Waals surface area contributed by atoms with E-state index < -0.39 is 0 Å². The van der Waals surface area contributed by atoms with Crippen LogP contribution in [-0.2, 0) is 6.54 Å². The highest BCUT2D eigenvalue weighted by Crippen LogP contribution is 2.35. The van der Waals surface area contributed by atoms with Gasteiger partial charge in [0.1, 0.15) is 0 Å². The summed E-state index contributed by atoms with van der Waals surface area (Å²) in [5.74, 6) is 2.49. The van der Waals surface area contributed by atoms with E-state index in [0.717, 1.165) is 24.2 Å². The van der Waals surface area contributed by atoms with Crippen molar-refractivity contribution in [3.63, 3.8) is 0 Å². The molecule has 2 atom stereocenters. The van der Waals surface area contributed by atoms with E-state index >= 15 is 0 Å². The van der Waals surface area contributed by atoms with Crippen LogP contribution in [0.2, 0.25) is 0 Å². The Bertz CT molecular complexity index is 396. The molecule has 108 valence electrons. The molecule has 5 nitrogen and oxygen atoms in total. The lowest BCUT2D eigenvalue weighted by atomic mass is 9.80. The molecule has 1 heterocycles. The minimum atomic E-state index is 0.0872. The van der Waals surface area contributed by atoms with Crippen molar-refractivity contribution in [2.24, 2.45) is 11.8 Å². The molecule has 0 saturated heterocycles. The highest BCUT2D eigenvalue weighted by molar-refractivity contribution is 4.89. The molecule has 2 unspecified atom stereocenters. The van der Waals surface area contributed by atoms with Crippen LogP contribution < -0.4 is 5.32 Å². The lowest BCUT2D eigenvalue weighted by molar-refractivity contribution is 0.203. The van der Waals surface area contributed by atoms with Gasteiger partial charge in [0.15, 0.2) is 5.82 Å². The lowest BCUT2D eigenvalue weighted by Gasteiger charge is -2.31. The quantitative estimate of drug-likeness (QED) is 0.912. The topological polar surface area (TPSA) is 55.6 Å². The van der Waals surface area contributed by atoms with Crippen LogP contribution in [0, 0.1) is 11.8 Å². The third kappa shape index (κ3) is 4.00. The molecule has 2 rings (SSSR count). The van der Waals surface area contributed by atoms with Gasteiger partial charge in [0.05, 0.1) is 12.6 Å². The average molecular weight is 265 g/mol. The smallest absolute Gasteiger partial charge is 0.165 e. The first-order valence-electron chi connectivity index (χ1n) is 7.37. The molecule has 0 radical (unpaired) electrons. The molecule has 0 aliphatic heterocycles. The predicted octanol–water partition coefficient (Wildman–Crippen LogP) is 2.56. The van der Waals surface area contributed by atoms with Crippen LogP contribution in [0.15, 0.2) is 0 Å². The van der Waals surface area contributed by atoms with E-state index in [1.54, 1.807) is 0 Å². The number of rotatable bonds is 3. The highest BCUT2D eigenvalue weighted by Gasteiger charge is 2.27. The van der Waals surface area contributed by atoms with Crippen LogP contribution in [0.5, 0.6) is 0 Å². The third-order valence-corrected chi connectivity index (χ3v) is 3.84. The van der Waals surface area contributed by atoms with Gasteiger partial charge in [-0.2, -0.15) is 0 Å². The summed E-state index contributed by atoms with van der Waals surface area (Å²) in [6.07, 6.45) is 3.71. The molecule has 0 aromatic carbocycles. The predicted molar refractivity (Wildman–Crippen MR) is 75.6 cm³/mol. The summed E-state index contributed by atoms with van der Waals surface area (Å²) in [5, 5.41) is 15.7. The van der Waals surface area contributed by atoms with E-state index in [-0.39, 0.29) is 5.54 Å². The van der Waals surface area contributed by atoms with Crippen LogP contribution in [0.1, 0.15) is 65.7 Å². The van der Waals surface area contributed by atoms with Gasteiger partial charge in [0.2, 0.25) is 0 Å². The van der Waals surface area contributed by atoms with Gasteiger partial charge in [0.25, 0.3) is 0 Å². The van der Waals surface area contributed by atoms with E-state index in [4.69, 9.17) is 0 Å². The molecule has 5 heteroatoms. The fraction of sp³-hybridized carbons (Fsp3) is 0.929. The second kappa shape index (κ2) is 5.57. The van der Waals surface area contributed by atoms with Gasteiger partial charge in [-0.15, -0.1) is 5.10 Å². The summed E-state index contributed by atoms with van der Waals surface area (Å²) in [6.45, 7) is 11.9. The van der Waals surface area contributed by atoms with Gasteiger partial charge in [-0.05, 0) is 62.3 Å². The van der Waals surface area contributed by atoms with Crippen molar-refractivity contribution in [3.05, 3.63) is 5.82 Å². The molecule has 1 aliphatic carbocycles. The molecule has 1 aliphatic rings. The maximum atomic E-state index is 4.22. The Hall–Kier alpha value is -0.970. The molecule has 1 saturated carbocycles. The molecule has 19 heavy (non-hydrogen) atoms. The van der Waals surface area contributed by atoms with E-state index in [1.807, 2.05) is 4.68 Å². The Balaban J connectivity index is 2.06. The molecular formula is C14H27N5. The van der Waals surface area contributed by atoms with Crippen LogP contribution in [-0.4, -0.2) is 25.7 Å². The fourth-order valence-electron chi connectivity index (χ4n) is 3.06. The van der Waals surface area contributed by atoms with Gasteiger partial charge in [-0.25, -0.2) is 4.68 Å². The molecule has 0 amide bonds. The Morgan fingerprint density at radius 3 is 2.37 bits per heavy atom. The van der Waals surface area contributed by atoms with Crippen molar-refractivity contribution in [1.82, 2.24) is 25.5 Å². The molecular weight excluding hydrogens is 238 g/mol. The van der Waals surface area contributed by atoms with Crippen molar-refractivity contribution in [1.29, 1.82) is 0 Å². The SMILES string of the molecule is CC1CC(C)CC(n2nnnc2CNC(C)(C)C)C1. The summed E-state index contributed by atoms with van der Waals surface area (Å²) in [6, 6.07) is 0.463. The number of hydrogen-bond acceptors (Lipinski definition) is 4.